The number of rotatable bonds is 6. The molecule has 2 heterocycles. The van der Waals surface area contributed by atoms with Gasteiger partial charge < -0.3 is 9.88 Å². The Morgan fingerprint density at radius 2 is 1.66 bits per heavy atom. The third kappa shape index (κ3) is 5.80. The molecule has 196 valence electrons. The standard InChI is InChI=1S/C26H21F3N4O4S/c1-16-21(23-30-11-4-12-31-23)14-22(24(34)32-16)25(35)33(19-6-3-5-18(13-19)26(27,28)29)15-17-7-9-20(10-8-17)38(2,36)37/h3-14H,15H2,1-2H3,(H,32,34). The number of pyridine rings is 1. The number of anilines is 1. The Morgan fingerprint density at radius 1 is 1.00 bits per heavy atom. The number of aromatic amines is 1. The molecule has 38 heavy (non-hydrogen) atoms. The van der Waals surface area contributed by atoms with Crippen molar-refractivity contribution in [1.82, 2.24) is 15.0 Å². The summed E-state index contributed by atoms with van der Waals surface area (Å²) >= 11 is 0. The van der Waals surface area contributed by atoms with Gasteiger partial charge in [-0.25, -0.2) is 18.4 Å². The van der Waals surface area contributed by atoms with Crippen molar-refractivity contribution in [3.05, 3.63) is 106 Å². The number of aryl methyl sites for hydroxylation is 1. The SMILES string of the molecule is Cc1[nH]c(=O)c(C(=O)N(Cc2ccc(S(C)(=O)=O)cc2)c2cccc(C(F)(F)F)c2)cc1-c1ncccn1. The molecule has 12 heteroatoms. The minimum Gasteiger partial charge on any atom is -0.325 e. The maximum Gasteiger partial charge on any atom is 0.416 e. The number of alkyl halides is 3. The lowest BCUT2D eigenvalue weighted by Gasteiger charge is -2.24. The lowest BCUT2D eigenvalue weighted by Crippen LogP contribution is -2.35. The molecule has 1 N–H and O–H groups in total. The Labute approximate surface area is 215 Å². The van der Waals surface area contributed by atoms with Crippen LogP contribution in [0, 0.1) is 6.92 Å². The lowest BCUT2D eigenvalue weighted by molar-refractivity contribution is -0.137. The van der Waals surface area contributed by atoms with Gasteiger partial charge in [0.15, 0.2) is 15.7 Å². The van der Waals surface area contributed by atoms with Crippen LogP contribution in [-0.2, 0) is 22.6 Å². The highest BCUT2D eigenvalue weighted by atomic mass is 32.2. The average molecular weight is 543 g/mol. The summed E-state index contributed by atoms with van der Waals surface area (Å²) in [5.74, 6) is -0.618. The molecule has 0 aliphatic rings. The van der Waals surface area contributed by atoms with Crippen LogP contribution in [0.15, 0.2) is 82.7 Å². The number of H-pyrrole nitrogens is 1. The summed E-state index contributed by atoms with van der Waals surface area (Å²) in [4.78, 5) is 38.5. The first-order valence-electron chi connectivity index (χ1n) is 11.1. The summed E-state index contributed by atoms with van der Waals surface area (Å²) < 4.78 is 64.0. The van der Waals surface area contributed by atoms with E-state index < -0.39 is 33.0 Å². The zero-order valence-electron chi connectivity index (χ0n) is 20.2. The quantitative estimate of drug-likeness (QED) is 0.386. The van der Waals surface area contributed by atoms with Crippen LogP contribution in [0.3, 0.4) is 0 Å². The second-order valence-electron chi connectivity index (χ2n) is 8.48. The molecule has 0 atom stereocenters. The molecule has 0 saturated heterocycles. The van der Waals surface area contributed by atoms with Crippen molar-refractivity contribution in [3.63, 3.8) is 0 Å². The molecule has 2 aromatic carbocycles. The van der Waals surface area contributed by atoms with Crippen molar-refractivity contribution in [2.24, 2.45) is 0 Å². The maximum absolute atomic E-state index is 13.7. The summed E-state index contributed by atoms with van der Waals surface area (Å²) in [6, 6.07) is 12.6. The van der Waals surface area contributed by atoms with Crippen molar-refractivity contribution < 1.29 is 26.4 Å². The fraction of sp³-hybridized carbons (Fsp3) is 0.154. The number of nitrogens with zero attached hydrogens (tertiary/aromatic N) is 3. The first kappa shape index (κ1) is 26.7. The molecule has 8 nitrogen and oxygen atoms in total. The highest BCUT2D eigenvalue weighted by Gasteiger charge is 2.32. The topological polar surface area (TPSA) is 113 Å². The van der Waals surface area contributed by atoms with Gasteiger partial charge in [-0.1, -0.05) is 18.2 Å². The van der Waals surface area contributed by atoms with Gasteiger partial charge in [0.1, 0.15) is 5.56 Å². The first-order chi connectivity index (χ1) is 17.8. The predicted molar refractivity (Wildman–Crippen MR) is 134 cm³/mol. The van der Waals surface area contributed by atoms with Gasteiger partial charge >= 0.3 is 6.18 Å². The largest absolute Gasteiger partial charge is 0.416 e. The van der Waals surface area contributed by atoms with Crippen molar-refractivity contribution in [2.45, 2.75) is 24.5 Å². The predicted octanol–water partition coefficient (Wildman–Crippen LogP) is 4.41. The van der Waals surface area contributed by atoms with Gasteiger partial charge in [-0.15, -0.1) is 0 Å². The van der Waals surface area contributed by atoms with Gasteiger partial charge in [0.2, 0.25) is 0 Å². The van der Waals surface area contributed by atoms with Crippen LogP contribution < -0.4 is 10.5 Å². The molecule has 0 spiro atoms. The zero-order chi connectivity index (χ0) is 27.7. The summed E-state index contributed by atoms with van der Waals surface area (Å²) in [5, 5.41) is 0. The average Bonchev–Trinajstić information content (AvgIpc) is 2.87. The smallest absolute Gasteiger partial charge is 0.325 e. The van der Waals surface area contributed by atoms with Crippen molar-refractivity contribution in [1.29, 1.82) is 0 Å². The van der Waals surface area contributed by atoms with Crippen LogP contribution in [0.1, 0.15) is 27.2 Å². The normalized spacial score (nSPS) is 11.8. The van der Waals surface area contributed by atoms with Crippen LogP contribution >= 0.6 is 0 Å². The van der Waals surface area contributed by atoms with Gasteiger partial charge in [-0.3, -0.25) is 9.59 Å². The minimum atomic E-state index is -4.67. The van der Waals surface area contributed by atoms with Gasteiger partial charge in [0.05, 0.1) is 17.0 Å². The number of benzene rings is 2. The van der Waals surface area contributed by atoms with E-state index in [1.807, 2.05) is 0 Å². The number of carbonyl (C=O) groups is 1. The number of nitrogens with one attached hydrogen (secondary N) is 1. The lowest BCUT2D eigenvalue weighted by atomic mass is 10.1. The first-order valence-corrected chi connectivity index (χ1v) is 13.0. The summed E-state index contributed by atoms with van der Waals surface area (Å²) in [7, 11) is -3.49. The van der Waals surface area contributed by atoms with Crippen molar-refractivity contribution in [3.8, 4) is 11.4 Å². The molecule has 0 aliphatic carbocycles. The van der Waals surface area contributed by atoms with E-state index in [1.54, 1.807) is 13.0 Å². The second kappa shape index (κ2) is 10.2. The fourth-order valence-corrected chi connectivity index (χ4v) is 4.38. The highest BCUT2D eigenvalue weighted by molar-refractivity contribution is 7.90. The number of aromatic nitrogens is 3. The van der Waals surface area contributed by atoms with Crippen molar-refractivity contribution in [2.75, 3.05) is 11.2 Å². The van der Waals surface area contributed by atoms with E-state index in [1.165, 1.54) is 48.8 Å². The second-order valence-corrected chi connectivity index (χ2v) is 10.5. The number of amides is 1. The van der Waals surface area contributed by atoms with E-state index in [4.69, 9.17) is 0 Å². The Kier molecular flexibility index (Phi) is 7.18. The molecular weight excluding hydrogens is 521 g/mol. The highest BCUT2D eigenvalue weighted by Crippen LogP contribution is 2.32. The zero-order valence-corrected chi connectivity index (χ0v) is 21.0. The van der Waals surface area contributed by atoms with E-state index in [9.17, 15) is 31.2 Å². The van der Waals surface area contributed by atoms with Crippen LogP contribution in [0.4, 0.5) is 18.9 Å². The number of halogens is 3. The molecule has 1 amide bonds. The molecule has 0 bridgehead atoms. The Balaban J connectivity index is 1.82. The molecule has 0 saturated carbocycles. The van der Waals surface area contributed by atoms with Crippen molar-refractivity contribution >= 4 is 21.4 Å². The number of hydrogen-bond acceptors (Lipinski definition) is 6. The fourth-order valence-electron chi connectivity index (χ4n) is 3.75. The molecule has 0 fully saturated rings. The summed E-state index contributed by atoms with van der Waals surface area (Å²) in [6.07, 6.45) is -0.647. The number of hydrogen-bond donors (Lipinski definition) is 1. The van der Waals surface area contributed by atoms with Gasteiger partial charge in [0.25, 0.3) is 11.5 Å². The van der Waals surface area contributed by atoms with Gasteiger partial charge in [-0.05, 0) is 55.0 Å². The molecule has 0 aliphatic heterocycles. The van der Waals surface area contributed by atoms with Crippen LogP contribution in [0.25, 0.3) is 11.4 Å². The Bertz CT molecular complexity index is 1650. The summed E-state index contributed by atoms with van der Waals surface area (Å²) in [6.45, 7) is 1.37. The summed E-state index contributed by atoms with van der Waals surface area (Å²) in [5.41, 5.74) is -0.946. The number of sulfone groups is 1. The third-order valence-electron chi connectivity index (χ3n) is 5.70. The molecular formula is C26H21F3N4O4S. The molecule has 4 aromatic rings. The van der Waals surface area contributed by atoms with E-state index >= 15 is 0 Å². The minimum absolute atomic E-state index is 0.0423. The third-order valence-corrected chi connectivity index (χ3v) is 6.83. The number of carbonyl (C=O) groups excluding carboxylic acids is 1. The molecule has 4 rings (SSSR count). The Morgan fingerprint density at radius 3 is 2.26 bits per heavy atom. The molecule has 0 radical (unpaired) electrons. The monoisotopic (exact) mass is 542 g/mol. The maximum atomic E-state index is 13.7. The van der Waals surface area contributed by atoms with E-state index in [2.05, 4.69) is 15.0 Å². The van der Waals surface area contributed by atoms with Crippen LogP contribution in [0.2, 0.25) is 0 Å². The van der Waals surface area contributed by atoms with Crippen LogP contribution in [-0.4, -0.2) is 35.5 Å². The van der Waals surface area contributed by atoms with E-state index in [0.717, 1.165) is 29.4 Å². The van der Waals surface area contributed by atoms with E-state index in [-0.39, 0.29) is 28.5 Å². The Hall–Kier alpha value is -4.32. The van der Waals surface area contributed by atoms with E-state index in [0.29, 0.717) is 16.8 Å². The van der Waals surface area contributed by atoms with Gasteiger partial charge in [0, 0.05) is 35.6 Å². The van der Waals surface area contributed by atoms with Gasteiger partial charge in [-0.2, -0.15) is 13.2 Å². The molecule has 2 aromatic heterocycles. The molecule has 0 unspecified atom stereocenters. The van der Waals surface area contributed by atoms with Crippen LogP contribution in [0.5, 0.6) is 0 Å².